The number of carboxylic acids is 1. The van der Waals surface area contributed by atoms with E-state index in [1.54, 1.807) is 6.20 Å². The lowest BCUT2D eigenvalue weighted by molar-refractivity contribution is -0.192. The molecule has 2 unspecified atom stereocenters. The third kappa shape index (κ3) is 6.01. The number of rotatable bonds is 4. The maximum Gasteiger partial charge on any atom is 0.490 e. The largest absolute Gasteiger partial charge is 0.490 e. The maximum atomic E-state index is 12.7. The van der Waals surface area contributed by atoms with Crippen LogP contribution in [0.25, 0.3) is 0 Å². The van der Waals surface area contributed by atoms with E-state index in [2.05, 4.69) is 31.5 Å². The molecule has 12 heteroatoms. The van der Waals surface area contributed by atoms with Crippen molar-refractivity contribution in [2.45, 2.75) is 25.7 Å². The molecule has 0 spiro atoms. The fourth-order valence-corrected chi connectivity index (χ4v) is 4.38. The van der Waals surface area contributed by atoms with E-state index in [1.165, 1.54) is 5.56 Å². The van der Waals surface area contributed by atoms with Crippen molar-refractivity contribution in [3.63, 3.8) is 0 Å². The fourth-order valence-electron chi connectivity index (χ4n) is 4.38. The Labute approximate surface area is 198 Å². The van der Waals surface area contributed by atoms with Gasteiger partial charge in [0.25, 0.3) is 5.91 Å². The predicted molar refractivity (Wildman–Crippen MR) is 118 cm³/mol. The highest BCUT2D eigenvalue weighted by Crippen LogP contribution is 2.33. The Balaban J connectivity index is 0.000000364. The highest BCUT2D eigenvalue weighted by Gasteiger charge is 2.39. The lowest BCUT2D eigenvalue weighted by atomic mass is 9.89. The molecule has 184 valence electrons. The van der Waals surface area contributed by atoms with Gasteiger partial charge in [0.2, 0.25) is 5.82 Å². The van der Waals surface area contributed by atoms with Crippen molar-refractivity contribution in [1.29, 1.82) is 0 Å². The van der Waals surface area contributed by atoms with E-state index in [4.69, 9.17) is 9.90 Å². The van der Waals surface area contributed by atoms with Crippen molar-refractivity contribution in [2.24, 2.45) is 11.8 Å². The Morgan fingerprint density at radius 2 is 1.74 bits per heavy atom. The zero-order valence-corrected chi connectivity index (χ0v) is 18.5. The number of benzene rings is 1. The van der Waals surface area contributed by atoms with Gasteiger partial charge in [0.15, 0.2) is 0 Å². The zero-order valence-electron chi connectivity index (χ0n) is 18.5. The minimum absolute atomic E-state index is 0.200. The third-order valence-electron chi connectivity index (χ3n) is 5.95. The van der Waals surface area contributed by atoms with Crippen LogP contribution in [0.3, 0.4) is 0 Å². The van der Waals surface area contributed by atoms with Crippen LogP contribution in [0.4, 0.5) is 18.9 Å². The van der Waals surface area contributed by atoms with Gasteiger partial charge in [0.05, 0.1) is 0 Å². The highest BCUT2D eigenvalue weighted by molar-refractivity contribution is 6.01. The molecule has 0 saturated carbocycles. The molecule has 9 nitrogen and oxygen atoms in total. The Hall–Kier alpha value is -3.80. The minimum atomic E-state index is -5.08. The van der Waals surface area contributed by atoms with E-state index in [-0.39, 0.29) is 5.91 Å². The molecule has 1 aromatic carbocycles. The summed E-state index contributed by atoms with van der Waals surface area (Å²) in [7, 11) is 0. The van der Waals surface area contributed by atoms with Crippen LogP contribution in [0.2, 0.25) is 0 Å². The van der Waals surface area contributed by atoms with E-state index >= 15 is 0 Å². The number of carboxylic acid groups (broad SMARTS) is 1. The molecule has 2 atom stereocenters. The average Bonchev–Trinajstić information content (AvgIpc) is 3.41. The fraction of sp³-hybridized carbons (Fsp3) is 0.348. The number of aliphatic carboxylic acids is 1. The second-order valence-electron chi connectivity index (χ2n) is 8.45. The van der Waals surface area contributed by atoms with Gasteiger partial charge in [-0.15, -0.1) is 10.2 Å². The number of alkyl halides is 3. The van der Waals surface area contributed by atoms with Crippen LogP contribution in [0.15, 0.2) is 54.9 Å². The van der Waals surface area contributed by atoms with Gasteiger partial charge >= 0.3 is 12.1 Å². The number of nitrogens with one attached hydrogen (secondary N) is 1. The average molecular weight is 488 g/mol. The quantitative estimate of drug-likeness (QED) is 0.581. The minimum Gasteiger partial charge on any atom is -0.475 e. The Bertz CT molecular complexity index is 1170. The number of carbonyl (C=O) groups excluding carboxylic acids is 1. The summed E-state index contributed by atoms with van der Waals surface area (Å²) in [6.07, 6.45) is -0.468. The van der Waals surface area contributed by atoms with Gasteiger partial charge in [-0.3, -0.25) is 14.7 Å². The van der Waals surface area contributed by atoms with Crippen LogP contribution in [-0.4, -0.2) is 60.9 Å². The Morgan fingerprint density at radius 3 is 2.40 bits per heavy atom. The summed E-state index contributed by atoms with van der Waals surface area (Å²) in [6.45, 7) is 3.80. The molecule has 3 aromatic rings. The first kappa shape index (κ1) is 24.3. The molecule has 2 aliphatic heterocycles. The number of anilines is 1. The highest BCUT2D eigenvalue weighted by atomic mass is 19.4. The molecule has 2 N–H and O–H groups in total. The normalized spacial score (nSPS) is 19.2. The number of likely N-dealkylation sites (tertiary alicyclic amines) is 1. The van der Waals surface area contributed by atoms with Crippen LogP contribution in [0.5, 0.6) is 0 Å². The second-order valence-corrected chi connectivity index (χ2v) is 8.45. The number of fused-ring (bicyclic) bond motifs is 2. The van der Waals surface area contributed by atoms with Gasteiger partial charge < -0.3 is 15.0 Å². The van der Waals surface area contributed by atoms with Crippen LogP contribution < -0.4 is 5.32 Å². The molecule has 35 heavy (non-hydrogen) atoms. The molecule has 5 rings (SSSR count). The number of pyridine rings is 1. The molecule has 0 aliphatic carbocycles. The summed E-state index contributed by atoms with van der Waals surface area (Å²) < 4.78 is 33.7. The number of nitrogens with zero attached hydrogens (tertiary/aromatic N) is 5. The number of amides is 1. The number of hydrogen-bond donors (Lipinski definition) is 2. The molecule has 1 saturated heterocycles. The van der Waals surface area contributed by atoms with Gasteiger partial charge in [-0.2, -0.15) is 13.2 Å². The van der Waals surface area contributed by atoms with Crippen molar-refractivity contribution >= 4 is 17.6 Å². The molecule has 0 bridgehead atoms. The number of para-hydroxylation sites is 1. The molecule has 2 aromatic heterocycles. The molecule has 2 aliphatic rings. The van der Waals surface area contributed by atoms with E-state index < -0.39 is 12.1 Å². The summed E-state index contributed by atoms with van der Waals surface area (Å²) in [6, 6.07) is 13.6. The smallest absolute Gasteiger partial charge is 0.475 e. The first-order chi connectivity index (χ1) is 16.7. The van der Waals surface area contributed by atoms with Crippen LogP contribution in [0, 0.1) is 11.8 Å². The maximum absolute atomic E-state index is 12.7. The first-order valence-corrected chi connectivity index (χ1v) is 10.9. The standard InChI is InChI=1S/C21H22N6O.C2HF3O2/c28-21(23-18-6-2-1-3-7-18)20-25-24-19-9-16-12-26(13-17(16)14-27(19)20)11-15-5-4-8-22-10-15;3-2(4,5)1(6)7/h1-8,10,16-17H,9,11-14H2,(H,23,28);(H,6,7). The number of carbonyl (C=O) groups is 2. The predicted octanol–water partition coefficient (Wildman–Crippen LogP) is 2.86. The van der Waals surface area contributed by atoms with Gasteiger partial charge in [-0.25, -0.2) is 4.79 Å². The molecule has 1 fully saturated rings. The molecular weight excluding hydrogens is 465 g/mol. The van der Waals surface area contributed by atoms with Crippen molar-refractivity contribution in [2.75, 3.05) is 18.4 Å². The zero-order chi connectivity index (χ0) is 25.0. The van der Waals surface area contributed by atoms with Crippen molar-refractivity contribution < 1.29 is 27.9 Å². The van der Waals surface area contributed by atoms with E-state index in [0.29, 0.717) is 17.7 Å². The summed E-state index contributed by atoms with van der Waals surface area (Å²) in [5.74, 6) is -0.548. The number of aromatic nitrogens is 4. The van der Waals surface area contributed by atoms with Gasteiger partial charge in [-0.05, 0) is 35.6 Å². The van der Waals surface area contributed by atoms with Crippen molar-refractivity contribution in [3.05, 3.63) is 72.1 Å². The van der Waals surface area contributed by atoms with E-state index in [1.807, 2.05) is 47.2 Å². The first-order valence-electron chi connectivity index (χ1n) is 10.9. The van der Waals surface area contributed by atoms with Crippen LogP contribution >= 0.6 is 0 Å². The van der Waals surface area contributed by atoms with Gasteiger partial charge in [-0.1, -0.05) is 24.3 Å². The Kier molecular flexibility index (Phi) is 7.10. The van der Waals surface area contributed by atoms with Gasteiger partial charge in [0.1, 0.15) is 5.82 Å². The summed E-state index contributed by atoms with van der Waals surface area (Å²) in [5.41, 5.74) is 2.01. The number of halogens is 3. The molecular formula is C23H23F3N6O3. The second kappa shape index (κ2) is 10.2. The lowest BCUT2D eigenvalue weighted by Gasteiger charge is -2.25. The summed E-state index contributed by atoms with van der Waals surface area (Å²) >= 11 is 0. The monoisotopic (exact) mass is 488 g/mol. The van der Waals surface area contributed by atoms with E-state index in [9.17, 15) is 18.0 Å². The third-order valence-corrected chi connectivity index (χ3v) is 5.95. The van der Waals surface area contributed by atoms with Crippen LogP contribution in [0.1, 0.15) is 22.0 Å². The molecule has 1 amide bonds. The summed E-state index contributed by atoms with van der Waals surface area (Å²) in [4.78, 5) is 28.3. The SMILES string of the molecule is O=C(Nc1ccccc1)c1nnc2n1CC1CN(Cc3cccnc3)CC1C2.O=C(O)C(F)(F)F. The summed E-state index contributed by atoms with van der Waals surface area (Å²) in [5, 5.41) is 18.5. The van der Waals surface area contributed by atoms with Crippen molar-refractivity contribution in [1.82, 2.24) is 24.6 Å². The molecule has 4 heterocycles. The van der Waals surface area contributed by atoms with Crippen LogP contribution in [-0.2, 0) is 24.3 Å². The topological polar surface area (TPSA) is 113 Å². The molecule has 0 radical (unpaired) electrons. The van der Waals surface area contributed by atoms with E-state index in [0.717, 1.165) is 44.1 Å². The number of hydrogen-bond acceptors (Lipinski definition) is 6. The van der Waals surface area contributed by atoms with Gasteiger partial charge in [0, 0.05) is 50.7 Å². The Morgan fingerprint density at radius 1 is 1.03 bits per heavy atom. The lowest BCUT2D eigenvalue weighted by Crippen LogP contribution is -2.31. The van der Waals surface area contributed by atoms with Crippen molar-refractivity contribution in [3.8, 4) is 0 Å².